The number of Topliss-reactive ketones (excluding diaryl/α,β-unsaturated/α-hetero) is 1. The Labute approximate surface area is 91.7 Å². The number of hydrogen-bond donors (Lipinski definition) is 0. The molecule has 0 radical (unpaired) electrons. The van der Waals surface area contributed by atoms with Gasteiger partial charge in [-0.3, -0.25) is 4.79 Å². The van der Waals surface area contributed by atoms with E-state index >= 15 is 0 Å². The van der Waals surface area contributed by atoms with Crippen LogP contribution in [0.1, 0.15) is 56.9 Å². The van der Waals surface area contributed by atoms with E-state index in [2.05, 4.69) is 20.8 Å². The van der Waals surface area contributed by atoms with Crippen LogP contribution in [-0.4, -0.2) is 5.78 Å². The molecule has 84 valence electrons. The minimum Gasteiger partial charge on any atom is -0.458 e. The molecule has 2 nitrogen and oxygen atoms in total. The molecule has 1 heterocycles. The van der Waals surface area contributed by atoms with E-state index in [1.165, 1.54) is 0 Å². The summed E-state index contributed by atoms with van der Waals surface area (Å²) in [5, 5.41) is 0. The molecular formula is C13H20O2. The first-order valence-corrected chi connectivity index (χ1v) is 5.54. The number of aryl methyl sites for hydroxylation is 1. The third-order valence-corrected chi connectivity index (χ3v) is 2.39. The Morgan fingerprint density at radius 1 is 1.33 bits per heavy atom. The molecule has 0 spiro atoms. The zero-order chi connectivity index (χ0) is 11.5. The average Bonchev–Trinajstić information content (AvgIpc) is 2.61. The van der Waals surface area contributed by atoms with Gasteiger partial charge in [-0.15, -0.1) is 0 Å². The van der Waals surface area contributed by atoms with E-state index in [-0.39, 0.29) is 11.2 Å². The molecule has 0 unspecified atom stereocenters. The SMILES string of the molecule is CCc1ccc(C(=O)CCC(C)(C)C)o1. The normalized spacial score (nSPS) is 11.7. The Balaban J connectivity index is 2.54. The molecule has 1 rings (SSSR count). The van der Waals surface area contributed by atoms with Crippen LogP contribution in [0.2, 0.25) is 0 Å². The van der Waals surface area contributed by atoms with E-state index < -0.39 is 0 Å². The van der Waals surface area contributed by atoms with Crippen LogP contribution in [0.15, 0.2) is 16.5 Å². The fraction of sp³-hybridized carbons (Fsp3) is 0.615. The predicted molar refractivity (Wildman–Crippen MR) is 61.1 cm³/mol. The van der Waals surface area contributed by atoms with Crippen molar-refractivity contribution >= 4 is 5.78 Å². The highest BCUT2D eigenvalue weighted by atomic mass is 16.3. The molecule has 1 aromatic rings. The second kappa shape index (κ2) is 4.65. The van der Waals surface area contributed by atoms with Crippen LogP contribution in [0.4, 0.5) is 0 Å². The maximum Gasteiger partial charge on any atom is 0.198 e. The largest absolute Gasteiger partial charge is 0.458 e. The van der Waals surface area contributed by atoms with Gasteiger partial charge in [-0.05, 0) is 24.0 Å². The lowest BCUT2D eigenvalue weighted by molar-refractivity contribution is 0.0937. The molecule has 2 heteroatoms. The van der Waals surface area contributed by atoms with Crippen molar-refractivity contribution < 1.29 is 9.21 Å². The van der Waals surface area contributed by atoms with Crippen LogP contribution in [0.5, 0.6) is 0 Å². The lowest BCUT2D eigenvalue weighted by Crippen LogP contribution is -2.08. The second-order valence-corrected chi connectivity index (χ2v) is 5.10. The molecule has 1 aromatic heterocycles. The Bertz CT molecular complexity index is 329. The second-order valence-electron chi connectivity index (χ2n) is 5.10. The molecule has 0 fully saturated rings. The number of hydrogen-bond acceptors (Lipinski definition) is 2. The minimum absolute atomic E-state index is 0.115. The molecule has 0 amide bonds. The third-order valence-electron chi connectivity index (χ3n) is 2.39. The van der Waals surface area contributed by atoms with E-state index in [0.29, 0.717) is 12.2 Å². The van der Waals surface area contributed by atoms with Crippen molar-refractivity contribution in [3.8, 4) is 0 Å². The Hall–Kier alpha value is -1.05. The zero-order valence-corrected chi connectivity index (χ0v) is 10.1. The first-order chi connectivity index (χ1) is 6.92. The monoisotopic (exact) mass is 208 g/mol. The zero-order valence-electron chi connectivity index (χ0n) is 10.1. The lowest BCUT2D eigenvalue weighted by atomic mass is 9.89. The van der Waals surface area contributed by atoms with Crippen molar-refractivity contribution in [1.82, 2.24) is 0 Å². The van der Waals surface area contributed by atoms with Crippen molar-refractivity contribution in [2.24, 2.45) is 5.41 Å². The highest BCUT2D eigenvalue weighted by Crippen LogP contribution is 2.22. The summed E-state index contributed by atoms with van der Waals surface area (Å²) in [6.45, 7) is 8.43. The summed E-state index contributed by atoms with van der Waals surface area (Å²) >= 11 is 0. The summed E-state index contributed by atoms with van der Waals surface area (Å²) < 4.78 is 5.41. The molecule has 15 heavy (non-hydrogen) atoms. The summed E-state index contributed by atoms with van der Waals surface area (Å²) in [7, 11) is 0. The summed E-state index contributed by atoms with van der Waals surface area (Å²) in [4.78, 5) is 11.7. The van der Waals surface area contributed by atoms with Gasteiger partial charge in [0.05, 0.1) is 0 Å². The molecule has 0 aromatic carbocycles. The van der Waals surface area contributed by atoms with Gasteiger partial charge in [-0.1, -0.05) is 27.7 Å². The molecular weight excluding hydrogens is 188 g/mol. The number of ketones is 1. The summed E-state index contributed by atoms with van der Waals surface area (Å²) in [6.07, 6.45) is 2.31. The van der Waals surface area contributed by atoms with Gasteiger partial charge in [0.25, 0.3) is 0 Å². The maximum absolute atomic E-state index is 11.7. The van der Waals surface area contributed by atoms with Crippen LogP contribution >= 0.6 is 0 Å². The summed E-state index contributed by atoms with van der Waals surface area (Å²) in [5.41, 5.74) is 0.204. The highest BCUT2D eigenvalue weighted by Gasteiger charge is 2.16. The molecule has 0 aliphatic carbocycles. The van der Waals surface area contributed by atoms with Crippen LogP contribution in [0, 0.1) is 5.41 Å². The minimum atomic E-state index is 0.115. The van der Waals surface area contributed by atoms with E-state index in [1.54, 1.807) is 6.07 Å². The fourth-order valence-electron chi connectivity index (χ4n) is 1.33. The van der Waals surface area contributed by atoms with Gasteiger partial charge in [-0.25, -0.2) is 0 Å². The van der Waals surface area contributed by atoms with Gasteiger partial charge in [0.1, 0.15) is 5.76 Å². The van der Waals surface area contributed by atoms with Crippen LogP contribution < -0.4 is 0 Å². The Morgan fingerprint density at radius 3 is 2.47 bits per heavy atom. The first kappa shape index (κ1) is 12.0. The smallest absolute Gasteiger partial charge is 0.198 e. The molecule has 0 saturated carbocycles. The summed E-state index contributed by atoms with van der Waals surface area (Å²) in [6, 6.07) is 3.66. The van der Waals surface area contributed by atoms with E-state index in [0.717, 1.165) is 18.6 Å². The molecule has 0 N–H and O–H groups in total. The van der Waals surface area contributed by atoms with Crippen molar-refractivity contribution in [1.29, 1.82) is 0 Å². The van der Waals surface area contributed by atoms with Crippen molar-refractivity contribution in [3.63, 3.8) is 0 Å². The summed E-state index contributed by atoms with van der Waals surface area (Å²) in [5.74, 6) is 1.51. The Kier molecular flexibility index (Phi) is 3.72. The number of furan rings is 1. The molecule has 0 atom stereocenters. The topological polar surface area (TPSA) is 30.2 Å². The lowest BCUT2D eigenvalue weighted by Gasteiger charge is -2.16. The number of carbonyl (C=O) groups excluding carboxylic acids is 1. The molecule has 0 aliphatic rings. The maximum atomic E-state index is 11.7. The number of carbonyl (C=O) groups is 1. The van der Waals surface area contributed by atoms with Crippen LogP contribution in [0.3, 0.4) is 0 Å². The van der Waals surface area contributed by atoms with Crippen LogP contribution in [0.25, 0.3) is 0 Å². The third kappa shape index (κ3) is 3.90. The fourth-order valence-corrected chi connectivity index (χ4v) is 1.33. The number of rotatable bonds is 4. The van der Waals surface area contributed by atoms with Gasteiger partial charge in [0.2, 0.25) is 0 Å². The van der Waals surface area contributed by atoms with Crippen molar-refractivity contribution in [2.75, 3.05) is 0 Å². The van der Waals surface area contributed by atoms with E-state index in [4.69, 9.17) is 4.42 Å². The quantitative estimate of drug-likeness (QED) is 0.703. The van der Waals surface area contributed by atoms with Crippen molar-refractivity contribution in [2.45, 2.75) is 47.0 Å². The standard InChI is InChI=1S/C13H20O2/c1-5-10-6-7-12(15-10)11(14)8-9-13(2,3)4/h6-7H,5,8-9H2,1-4H3. The Morgan fingerprint density at radius 2 is 2.00 bits per heavy atom. The van der Waals surface area contributed by atoms with Gasteiger partial charge >= 0.3 is 0 Å². The van der Waals surface area contributed by atoms with Gasteiger partial charge in [0.15, 0.2) is 11.5 Å². The van der Waals surface area contributed by atoms with E-state index in [1.807, 2.05) is 13.0 Å². The van der Waals surface area contributed by atoms with Gasteiger partial charge in [-0.2, -0.15) is 0 Å². The molecule has 0 saturated heterocycles. The van der Waals surface area contributed by atoms with Crippen LogP contribution in [-0.2, 0) is 6.42 Å². The highest BCUT2D eigenvalue weighted by molar-refractivity contribution is 5.93. The van der Waals surface area contributed by atoms with E-state index in [9.17, 15) is 4.79 Å². The molecule has 0 bridgehead atoms. The van der Waals surface area contributed by atoms with Gasteiger partial charge in [0, 0.05) is 12.8 Å². The molecule has 0 aliphatic heterocycles. The van der Waals surface area contributed by atoms with Gasteiger partial charge < -0.3 is 4.42 Å². The average molecular weight is 208 g/mol. The first-order valence-electron chi connectivity index (χ1n) is 5.54. The predicted octanol–water partition coefficient (Wildman–Crippen LogP) is 3.85. The van der Waals surface area contributed by atoms with Crippen molar-refractivity contribution in [3.05, 3.63) is 23.7 Å².